The van der Waals surface area contributed by atoms with Crippen LogP contribution in [0.25, 0.3) is 0 Å². The third-order valence-corrected chi connectivity index (χ3v) is 2.73. The fourth-order valence-electron chi connectivity index (χ4n) is 0.897. The lowest BCUT2D eigenvalue weighted by molar-refractivity contribution is 0.160. The first-order valence-electron chi connectivity index (χ1n) is 3.08. The Balaban J connectivity index is 0.000000640. The number of hydrogen-bond acceptors (Lipinski definition) is 2. The van der Waals surface area contributed by atoms with Crippen LogP contribution in [0.5, 0.6) is 0 Å². The molecule has 1 heterocycles. The van der Waals surface area contributed by atoms with E-state index in [4.69, 9.17) is 4.74 Å². The van der Waals surface area contributed by atoms with Crippen LogP contribution in [0.15, 0.2) is 0 Å². The Morgan fingerprint density at radius 2 is 2.22 bits per heavy atom. The summed E-state index contributed by atoms with van der Waals surface area (Å²) in [7, 11) is 1.79. The molecule has 0 saturated carbocycles. The van der Waals surface area contributed by atoms with Crippen LogP contribution in [-0.4, -0.2) is 18.3 Å². The van der Waals surface area contributed by atoms with Gasteiger partial charge in [0.2, 0.25) is 0 Å². The summed E-state index contributed by atoms with van der Waals surface area (Å²) in [6.07, 6.45) is 3.98. The second kappa shape index (κ2) is 5.39. The van der Waals surface area contributed by atoms with Crippen LogP contribution < -0.4 is 0 Å². The predicted molar refractivity (Wildman–Crippen MR) is 44.4 cm³/mol. The Kier molecular flexibility index (Phi) is 5.75. The lowest BCUT2D eigenvalue weighted by Crippen LogP contribution is -2.10. The molecule has 1 aliphatic rings. The SMILES string of the molecule is COC1CCCCS1.Cl. The minimum atomic E-state index is 0. The van der Waals surface area contributed by atoms with Gasteiger partial charge in [0.05, 0.1) is 0 Å². The largest absolute Gasteiger partial charge is 0.371 e. The highest BCUT2D eigenvalue weighted by atomic mass is 35.5. The molecule has 0 N–H and O–H groups in total. The fraction of sp³-hybridized carbons (Fsp3) is 1.00. The number of ether oxygens (including phenoxy) is 1. The van der Waals surface area contributed by atoms with Gasteiger partial charge in [-0.1, -0.05) is 0 Å². The molecule has 0 radical (unpaired) electrons. The Morgan fingerprint density at radius 1 is 1.44 bits per heavy atom. The van der Waals surface area contributed by atoms with Gasteiger partial charge in [0, 0.05) is 7.11 Å². The Morgan fingerprint density at radius 3 is 2.56 bits per heavy atom. The summed E-state index contributed by atoms with van der Waals surface area (Å²) in [6, 6.07) is 0. The Hall–Kier alpha value is 0.600. The normalized spacial score (nSPS) is 27.0. The minimum Gasteiger partial charge on any atom is -0.371 e. The molecule has 1 saturated heterocycles. The van der Waals surface area contributed by atoms with E-state index in [1.165, 1.54) is 25.0 Å². The second-order valence-corrected chi connectivity index (χ2v) is 3.30. The Bertz CT molecular complexity index is 64.1. The summed E-state index contributed by atoms with van der Waals surface area (Å²) >= 11 is 1.94. The molecule has 0 amide bonds. The zero-order valence-corrected chi connectivity index (χ0v) is 7.26. The summed E-state index contributed by atoms with van der Waals surface area (Å²) in [4.78, 5) is 0. The molecule has 0 aromatic heterocycles. The number of halogens is 1. The summed E-state index contributed by atoms with van der Waals surface area (Å²) in [5.74, 6) is 1.29. The van der Waals surface area contributed by atoms with Gasteiger partial charge >= 0.3 is 0 Å². The lowest BCUT2D eigenvalue weighted by atomic mass is 10.2. The zero-order valence-electron chi connectivity index (χ0n) is 5.63. The number of thioether (sulfide) groups is 1. The van der Waals surface area contributed by atoms with E-state index in [0.717, 1.165) is 0 Å². The number of rotatable bonds is 1. The highest BCUT2D eigenvalue weighted by Crippen LogP contribution is 2.24. The lowest BCUT2D eigenvalue weighted by Gasteiger charge is -2.18. The molecule has 1 rings (SSSR count). The zero-order chi connectivity index (χ0) is 5.82. The van der Waals surface area contributed by atoms with E-state index in [1.807, 2.05) is 11.8 Å². The van der Waals surface area contributed by atoms with Crippen molar-refractivity contribution in [2.75, 3.05) is 12.9 Å². The van der Waals surface area contributed by atoms with Gasteiger partial charge in [0.1, 0.15) is 5.44 Å². The molecule has 0 aromatic carbocycles. The molecule has 1 atom stereocenters. The summed E-state index contributed by atoms with van der Waals surface area (Å²) in [5, 5.41) is 0. The maximum absolute atomic E-state index is 5.15. The van der Waals surface area contributed by atoms with Crippen LogP contribution >= 0.6 is 24.2 Å². The monoisotopic (exact) mass is 168 g/mol. The van der Waals surface area contributed by atoms with Crippen molar-refractivity contribution in [3.05, 3.63) is 0 Å². The van der Waals surface area contributed by atoms with Gasteiger partial charge in [-0.2, -0.15) is 0 Å². The molecule has 56 valence electrons. The average Bonchev–Trinajstić information content (AvgIpc) is 1.90. The second-order valence-electron chi connectivity index (χ2n) is 2.03. The van der Waals surface area contributed by atoms with Crippen molar-refractivity contribution in [1.29, 1.82) is 0 Å². The quantitative estimate of drug-likeness (QED) is 0.595. The van der Waals surface area contributed by atoms with Crippen LogP contribution in [0.4, 0.5) is 0 Å². The Labute approximate surface area is 66.9 Å². The molecule has 0 aliphatic carbocycles. The standard InChI is InChI=1S/C6H12OS.ClH/c1-7-6-4-2-3-5-8-6;/h6H,2-5H2,1H3;1H. The summed E-state index contributed by atoms with van der Waals surface area (Å²) < 4.78 is 5.15. The van der Waals surface area contributed by atoms with Crippen LogP contribution in [0.2, 0.25) is 0 Å². The van der Waals surface area contributed by atoms with Gasteiger partial charge in [-0.05, 0) is 25.0 Å². The van der Waals surface area contributed by atoms with Crippen LogP contribution in [0.3, 0.4) is 0 Å². The molecule has 1 unspecified atom stereocenters. The van der Waals surface area contributed by atoms with Gasteiger partial charge in [-0.25, -0.2) is 0 Å². The van der Waals surface area contributed by atoms with Crippen molar-refractivity contribution in [2.45, 2.75) is 24.7 Å². The summed E-state index contributed by atoms with van der Waals surface area (Å²) in [5.41, 5.74) is 0.503. The van der Waals surface area contributed by atoms with Crippen molar-refractivity contribution < 1.29 is 4.74 Å². The number of hydrogen-bond donors (Lipinski definition) is 0. The molecule has 0 bridgehead atoms. The van der Waals surface area contributed by atoms with E-state index in [0.29, 0.717) is 5.44 Å². The van der Waals surface area contributed by atoms with Crippen molar-refractivity contribution in [3.8, 4) is 0 Å². The molecule has 0 aromatic rings. The fourth-order valence-corrected chi connectivity index (χ4v) is 2.00. The molecule has 1 nitrogen and oxygen atoms in total. The molecular formula is C6H13ClOS. The maximum atomic E-state index is 5.15. The van der Waals surface area contributed by atoms with E-state index in [1.54, 1.807) is 7.11 Å². The van der Waals surface area contributed by atoms with Crippen molar-refractivity contribution in [3.63, 3.8) is 0 Å². The van der Waals surface area contributed by atoms with Gasteiger partial charge in [-0.15, -0.1) is 24.2 Å². The first-order valence-corrected chi connectivity index (χ1v) is 4.13. The van der Waals surface area contributed by atoms with Crippen molar-refractivity contribution in [1.82, 2.24) is 0 Å². The molecule has 1 fully saturated rings. The highest BCUT2D eigenvalue weighted by Gasteiger charge is 2.11. The van der Waals surface area contributed by atoms with Gasteiger partial charge < -0.3 is 4.74 Å². The molecule has 9 heavy (non-hydrogen) atoms. The third-order valence-electron chi connectivity index (χ3n) is 1.40. The molecular weight excluding hydrogens is 156 g/mol. The predicted octanol–water partition coefficient (Wildman–Crippen LogP) is 2.30. The van der Waals surface area contributed by atoms with Crippen LogP contribution in [0.1, 0.15) is 19.3 Å². The van der Waals surface area contributed by atoms with Crippen LogP contribution in [0, 0.1) is 0 Å². The molecule has 3 heteroatoms. The molecule has 0 spiro atoms. The smallest absolute Gasteiger partial charge is 0.102 e. The topological polar surface area (TPSA) is 9.23 Å². The van der Waals surface area contributed by atoms with E-state index in [-0.39, 0.29) is 12.4 Å². The molecule has 1 aliphatic heterocycles. The first kappa shape index (κ1) is 9.60. The number of methoxy groups -OCH3 is 1. The van der Waals surface area contributed by atoms with E-state index >= 15 is 0 Å². The van der Waals surface area contributed by atoms with Crippen molar-refractivity contribution in [2.24, 2.45) is 0 Å². The van der Waals surface area contributed by atoms with E-state index < -0.39 is 0 Å². The average molecular weight is 169 g/mol. The van der Waals surface area contributed by atoms with E-state index in [2.05, 4.69) is 0 Å². The summed E-state index contributed by atoms with van der Waals surface area (Å²) in [6.45, 7) is 0. The van der Waals surface area contributed by atoms with Crippen molar-refractivity contribution >= 4 is 24.2 Å². The van der Waals surface area contributed by atoms with E-state index in [9.17, 15) is 0 Å². The first-order chi connectivity index (χ1) is 3.93. The maximum Gasteiger partial charge on any atom is 0.102 e. The highest BCUT2D eigenvalue weighted by molar-refractivity contribution is 7.99. The van der Waals surface area contributed by atoms with Gasteiger partial charge in [-0.3, -0.25) is 0 Å². The minimum absolute atomic E-state index is 0. The third kappa shape index (κ3) is 3.33. The van der Waals surface area contributed by atoms with Gasteiger partial charge in [0.25, 0.3) is 0 Å². The van der Waals surface area contributed by atoms with Gasteiger partial charge in [0.15, 0.2) is 0 Å². The van der Waals surface area contributed by atoms with Crippen LogP contribution in [-0.2, 0) is 4.74 Å².